The van der Waals surface area contributed by atoms with Gasteiger partial charge in [0.2, 0.25) is 0 Å². The lowest BCUT2D eigenvalue weighted by Crippen LogP contribution is -2.47. The van der Waals surface area contributed by atoms with E-state index in [0.29, 0.717) is 19.1 Å². The number of hydrogen-bond donors (Lipinski definition) is 2. The van der Waals surface area contributed by atoms with Crippen molar-refractivity contribution >= 4 is 12.0 Å². The van der Waals surface area contributed by atoms with E-state index in [4.69, 9.17) is 5.11 Å². The zero-order valence-electron chi connectivity index (χ0n) is 12.2. The van der Waals surface area contributed by atoms with E-state index in [1.807, 2.05) is 0 Å². The van der Waals surface area contributed by atoms with Gasteiger partial charge in [0.15, 0.2) is 0 Å². The van der Waals surface area contributed by atoms with Gasteiger partial charge in [-0.15, -0.1) is 0 Å². The number of urea groups is 1. The molecule has 2 aliphatic heterocycles. The van der Waals surface area contributed by atoms with Gasteiger partial charge in [-0.1, -0.05) is 0 Å². The van der Waals surface area contributed by atoms with E-state index in [9.17, 15) is 9.59 Å². The van der Waals surface area contributed by atoms with Gasteiger partial charge in [0, 0.05) is 25.2 Å². The largest absolute Gasteiger partial charge is 0.481 e. The van der Waals surface area contributed by atoms with Crippen molar-refractivity contribution in [2.24, 2.45) is 0 Å². The summed E-state index contributed by atoms with van der Waals surface area (Å²) in [6, 6.07) is 0.0939. The number of nitrogens with one attached hydrogen (secondary N) is 1. The highest BCUT2D eigenvalue weighted by molar-refractivity contribution is 5.76. The lowest BCUT2D eigenvalue weighted by molar-refractivity contribution is -0.137. The van der Waals surface area contributed by atoms with Crippen molar-refractivity contribution in [1.29, 1.82) is 0 Å². The number of carbonyl (C=O) groups excluding carboxylic acids is 1. The van der Waals surface area contributed by atoms with Crippen molar-refractivity contribution in [2.75, 3.05) is 26.2 Å². The van der Waals surface area contributed by atoms with E-state index in [1.165, 1.54) is 12.8 Å². The fraction of sp³-hybridized carbons (Fsp3) is 0.857. The highest BCUT2D eigenvalue weighted by Crippen LogP contribution is 2.20. The third-order valence-corrected chi connectivity index (χ3v) is 4.36. The number of carbonyl (C=O) groups is 2. The molecule has 2 heterocycles. The molecule has 2 aliphatic rings. The van der Waals surface area contributed by atoms with Crippen molar-refractivity contribution in [3.63, 3.8) is 0 Å². The van der Waals surface area contributed by atoms with Crippen LogP contribution in [0.5, 0.6) is 0 Å². The van der Waals surface area contributed by atoms with Gasteiger partial charge in [0.1, 0.15) is 0 Å². The Hall–Kier alpha value is -1.30. The normalized spacial score (nSPS) is 24.9. The second kappa shape index (κ2) is 6.92. The van der Waals surface area contributed by atoms with E-state index in [1.54, 1.807) is 4.90 Å². The van der Waals surface area contributed by atoms with Crippen molar-refractivity contribution in [2.45, 2.75) is 51.1 Å². The van der Waals surface area contributed by atoms with E-state index in [2.05, 4.69) is 17.1 Å². The maximum Gasteiger partial charge on any atom is 0.317 e. The van der Waals surface area contributed by atoms with Crippen molar-refractivity contribution in [3.05, 3.63) is 0 Å². The number of carboxylic acids is 1. The summed E-state index contributed by atoms with van der Waals surface area (Å²) in [7, 11) is 0. The Labute approximate surface area is 120 Å². The molecule has 2 amide bonds. The molecule has 6 heteroatoms. The van der Waals surface area contributed by atoms with Crippen molar-refractivity contribution in [1.82, 2.24) is 15.1 Å². The molecule has 20 heavy (non-hydrogen) atoms. The van der Waals surface area contributed by atoms with Crippen LogP contribution in [0.1, 0.15) is 39.0 Å². The highest BCUT2D eigenvalue weighted by atomic mass is 16.4. The SMILES string of the molecule is CC(CNC(=O)N1CCCC1CC(=O)O)N1CCCC1. The van der Waals surface area contributed by atoms with Gasteiger partial charge in [-0.25, -0.2) is 4.79 Å². The zero-order valence-corrected chi connectivity index (χ0v) is 12.2. The summed E-state index contributed by atoms with van der Waals surface area (Å²) >= 11 is 0. The Morgan fingerprint density at radius 2 is 1.95 bits per heavy atom. The molecule has 0 aliphatic carbocycles. The first-order chi connectivity index (χ1) is 9.58. The number of aliphatic carboxylic acids is 1. The van der Waals surface area contributed by atoms with Gasteiger partial charge in [-0.2, -0.15) is 0 Å². The predicted molar refractivity (Wildman–Crippen MR) is 75.6 cm³/mol. The number of hydrogen-bond acceptors (Lipinski definition) is 3. The quantitative estimate of drug-likeness (QED) is 0.793. The second-order valence-corrected chi connectivity index (χ2v) is 5.87. The molecule has 0 spiro atoms. The zero-order chi connectivity index (χ0) is 14.5. The summed E-state index contributed by atoms with van der Waals surface area (Å²) in [6.07, 6.45) is 4.22. The van der Waals surface area contributed by atoms with Gasteiger partial charge in [-0.05, 0) is 45.7 Å². The molecule has 114 valence electrons. The Bertz CT molecular complexity index is 356. The summed E-state index contributed by atoms with van der Waals surface area (Å²) in [5.74, 6) is -0.833. The summed E-state index contributed by atoms with van der Waals surface area (Å²) in [4.78, 5) is 27.0. The lowest BCUT2D eigenvalue weighted by atomic mass is 10.1. The Kier molecular flexibility index (Phi) is 5.23. The van der Waals surface area contributed by atoms with Gasteiger partial charge in [0.05, 0.1) is 6.42 Å². The number of amides is 2. The maximum atomic E-state index is 12.2. The molecule has 0 aromatic heterocycles. The molecule has 0 radical (unpaired) electrons. The molecule has 2 rings (SSSR count). The van der Waals surface area contributed by atoms with Crippen molar-refractivity contribution in [3.8, 4) is 0 Å². The Morgan fingerprint density at radius 3 is 2.60 bits per heavy atom. The Balaban J connectivity index is 1.77. The molecule has 2 unspecified atom stereocenters. The molecule has 2 N–H and O–H groups in total. The highest BCUT2D eigenvalue weighted by Gasteiger charge is 2.30. The van der Waals surface area contributed by atoms with E-state index in [-0.39, 0.29) is 18.5 Å². The van der Waals surface area contributed by atoms with E-state index in [0.717, 1.165) is 25.9 Å². The molecule has 6 nitrogen and oxygen atoms in total. The minimum atomic E-state index is -0.833. The third-order valence-electron chi connectivity index (χ3n) is 4.36. The van der Waals surface area contributed by atoms with Gasteiger partial charge < -0.3 is 15.3 Å². The first-order valence-corrected chi connectivity index (χ1v) is 7.58. The van der Waals surface area contributed by atoms with E-state index >= 15 is 0 Å². The third kappa shape index (κ3) is 3.85. The summed E-state index contributed by atoms with van der Waals surface area (Å²) < 4.78 is 0. The van der Waals surface area contributed by atoms with Gasteiger partial charge in [-0.3, -0.25) is 9.69 Å². The van der Waals surface area contributed by atoms with Gasteiger partial charge >= 0.3 is 12.0 Å². The van der Waals surface area contributed by atoms with Crippen LogP contribution < -0.4 is 5.32 Å². The first kappa shape index (κ1) is 15.1. The number of likely N-dealkylation sites (tertiary alicyclic amines) is 2. The molecule has 0 saturated carbocycles. The maximum absolute atomic E-state index is 12.2. The summed E-state index contributed by atoms with van der Waals surface area (Å²) in [6.45, 7) is 5.66. The monoisotopic (exact) mass is 283 g/mol. The number of rotatable bonds is 5. The first-order valence-electron chi connectivity index (χ1n) is 7.58. The smallest absolute Gasteiger partial charge is 0.317 e. The van der Waals surface area contributed by atoms with Crippen LogP contribution in [0.2, 0.25) is 0 Å². The van der Waals surface area contributed by atoms with Crippen LogP contribution in [0.25, 0.3) is 0 Å². The van der Waals surface area contributed by atoms with Gasteiger partial charge in [0.25, 0.3) is 0 Å². The fourth-order valence-corrected chi connectivity index (χ4v) is 3.16. The number of carboxylic acid groups (broad SMARTS) is 1. The average molecular weight is 283 g/mol. The summed E-state index contributed by atoms with van der Waals surface area (Å²) in [5, 5.41) is 11.8. The minimum Gasteiger partial charge on any atom is -0.481 e. The van der Waals surface area contributed by atoms with Crippen LogP contribution >= 0.6 is 0 Å². The standard InChI is InChI=1S/C14H25N3O3/c1-11(16-6-2-3-7-16)10-15-14(20)17-8-4-5-12(17)9-13(18)19/h11-12H,2-10H2,1H3,(H,15,20)(H,18,19). The predicted octanol–water partition coefficient (Wildman–Crippen LogP) is 1.12. The molecule has 0 bridgehead atoms. The average Bonchev–Trinajstić information content (AvgIpc) is 3.05. The van der Waals surface area contributed by atoms with Crippen LogP contribution in [0.3, 0.4) is 0 Å². The minimum absolute atomic E-state index is 0.0507. The molecule has 0 aromatic carbocycles. The fourth-order valence-electron chi connectivity index (χ4n) is 3.16. The molecule has 2 saturated heterocycles. The van der Waals surface area contributed by atoms with E-state index < -0.39 is 5.97 Å². The molecule has 0 aromatic rings. The van der Waals surface area contributed by atoms with Crippen LogP contribution in [-0.2, 0) is 4.79 Å². The molecule has 2 fully saturated rings. The molecular weight excluding hydrogens is 258 g/mol. The lowest BCUT2D eigenvalue weighted by Gasteiger charge is -2.27. The number of nitrogens with zero attached hydrogens (tertiary/aromatic N) is 2. The Morgan fingerprint density at radius 1 is 1.25 bits per heavy atom. The second-order valence-electron chi connectivity index (χ2n) is 5.87. The van der Waals surface area contributed by atoms with Crippen LogP contribution in [0.15, 0.2) is 0 Å². The molecular formula is C14H25N3O3. The topological polar surface area (TPSA) is 72.9 Å². The molecule has 2 atom stereocenters. The van der Waals surface area contributed by atoms with Crippen LogP contribution in [-0.4, -0.2) is 65.2 Å². The summed E-state index contributed by atoms with van der Waals surface area (Å²) in [5.41, 5.74) is 0. The van der Waals surface area contributed by atoms with Crippen molar-refractivity contribution < 1.29 is 14.7 Å². The van der Waals surface area contributed by atoms with Crippen LogP contribution in [0, 0.1) is 0 Å². The van der Waals surface area contributed by atoms with Crippen LogP contribution in [0.4, 0.5) is 4.79 Å².